The van der Waals surface area contributed by atoms with Crippen molar-refractivity contribution in [2.24, 2.45) is 0 Å². The van der Waals surface area contributed by atoms with Crippen LogP contribution in [0.25, 0.3) is 22.4 Å². The van der Waals surface area contributed by atoms with E-state index in [0.717, 1.165) is 53.9 Å². The summed E-state index contributed by atoms with van der Waals surface area (Å²) in [6.45, 7) is 2.27. The molecule has 1 N–H and O–H groups in total. The fraction of sp³-hybridized carbons (Fsp3) is 0.333. The Morgan fingerprint density at radius 1 is 1.11 bits per heavy atom. The second-order valence-corrected chi connectivity index (χ2v) is 10.2. The predicted molar refractivity (Wildman–Crippen MR) is 136 cm³/mol. The van der Waals surface area contributed by atoms with Crippen LogP contribution in [-0.2, 0) is 16.0 Å². The highest BCUT2D eigenvalue weighted by atomic mass is 35.5. The van der Waals surface area contributed by atoms with E-state index in [1.54, 1.807) is 7.11 Å². The summed E-state index contributed by atoms with van der Waals surface area (Å²) in [6, 6.07) is 16.0. The van der Waals surface area contributed by atoms with E-state index in [4.69, 9.17) is 37.7 Å². The number of carbonyl (C=O) groups excluding carboxylic acids is 1. The summed E-state index contributed by atoms with van der Waals surface area (Å²) >= 11 is 13.4. The van der Waals surface area contributed by atoms with Crippen LogP contribution in [0.4, 0.5) is 0 Å². The number of hydrogen-bond acceptors (Lipinski definition) is 5. The Balaban J connectivity index is 1.31. The molecule has 0 radical (unpaired) electrons. The zero-order chi connectivity index (χ0) is 24.2. The molecule has 3 aromatic rings. The molecule has 6 rings (SSSR count). The minimum Gasteiger partial charge on any atom is -0.481 e. The quantitative estimate of drug-likeness (QED) is 0.540. The van der Waals surface area contributed by atoms with E-state index >= 15 is 0 Å². The lowest BCUT2D eigenvalue weighted by Gasteiger charge is -2.53. The Labute approximate surface area is 214 Å². The normalized spacial score (nSPS) is 20.9. The number of hydrogen-bond donors (Lipinski definition) is 1. The molecular formula is C27H25Cl2N3O3. The Kier molecular flexibility index (Phi) is 5.72. The number of ether oxygens (including phenoxy) is 2. The first kappa shape index (κ1) is 22.8. The average Bonchev–Trinajstić information content (AvgIpc) is 3.27. The molecule has 8 heteroatoms. The number of benzene rings is 2. The summed E-state index contributed by atoms with van der Waals surface area (Å²) in [4.78, 5) is 18.8. The fourth-order valence-corrected chi connectivity index (χ4v) is 6.12. The molecule has 1 amide bonds. The molecule has 2 fully saturated rings. The van der Waals surface area contributed by atoms with Gasteiger partial charge in [0.1, 0.15) is 12.2 Å². The Hall–Kier alpha value is -2.64. The van der Waals surface area contributed by atoms with Gasteiger partial charge < -0.3 is 14.8 Å². The van der Waals surface area contributed by atoms with Crippen molar-refractivity contribution in [1.82, 2.24) is 15.2 Å². The van der Waals surface area contributed by atoms with Crippen LogP contribution in [0.15, 0.2) is 48.5 Å². The van der Waals surface area contributed by atoms with Gasteiger partial charge in [0.05, 0.1) is 17.8 Å². The Morgan fingerprint density at radius 3 is 2.63 bits per heavy atom. The summed E-state index contributed by atoms with van der Waals surface area (Å²) in [5.74, 6) is 0.592. The van der Waals surface area contributed by atoms with E-state index in [1.165, 1.54) is 5.56 Å². The van der Waals surface area contributed by atoms with Crippen LogP contribution in [0.5, 0.6) is 5.88 Å². The molecular weight excluding hydrogens is 485 g/mol. The maximum atomic E-state index is 11.5. The second kappa shape index (κ2) is 8.79. The number of nitrogens with one attached hydrogen (secondary N) is 1. The lowest BCUT2D eigenvalue weighted by Crippen LogP contribution is -2.70. The number of morpholine rings is 1. The zero-order valence-electron chi connectivity index (χ0n) is 19.3. The third-order valence-corrected chi connectivity index (χ3v) is 8.04. The lowest BCUT2D eigenvalue weighted by atomic mass is 9.89. The van der Waals surface area contributed by atoms with Crippen LogP contribution >= 0.6 is 23.2 Å². The number of pyridine rings is 1. The largest absolute Gasteiger partial charge is 0.481 e. The van der Waals surface area contributed by atoms with Gasteiger partial charge in [-0.3, -0.25) is 9.69 Å². The number of methoxy groups -OCH3 is 1. The first-order valence-corrected chi connectivity index (χ1v) is 12.5. The first-order chi connectivity index (χ1) is 17.0. The van der Waals surface area contributed by atoms with Crippen molar-refractivity contribution >= 4 is 29.1 Å². The number of amides is 1. The number of aromatic nitrogens is 1. The standard InChI is InChI=1S/C27H25Cl2N3O3/c1-34-26-24-16(9-10-22(24)32-14-27(15-32)13-30-23(33)12-35-27)11-21(31-26)19-7-4-6-18(25(19)29)17-5-2-3-8-20(17)28/h2-8,11,22H,9-10,12-15H2,1H3,(H,30,33)/t22-/m1/s1. The van der Waals surface area contributed by atoms with Gasteiger partial charge in [-0.25, -0.2) is 4.98 Å². The highest BCUT2D eigenvalue weighted by molar-refractivity contribution is 6.38. The van der Waals surface area contributed by atoms with E-state index in [2.05, 4.69) is 16.3 Å². The first-order valence-electron chi connectivity index (χ1n) is 11.7. The van der Waals surface area contributed by atoms with Crippen molar-refractivity contribution in [1.29, 1.82) is 0 Å². The zero-order valence-corrected chi connectivity index (χ0v) is 20.8. The van der Waals surface area contributed by atoms with Crippen LogP contribution in [0, 0.1) is 0 Å². The smallest absolute Gasteiger partial charge is 0.246 e. The number of carbonyl (C=O) groups is 1. The highest BCUT2D eigenvalue weighted by Crippen LogP contribution is 2.47. The second-order valence-electron chi connectivity index (χ2n) is 9.44. The van der Waals surface area contributed by atoms with Gasteiger partial charge in [-0.15, -0.1) is 0 Å². The number of fused-ring (bicyclic) bond motifs is 1. The van der Waals surface area contributed by atoms with E-state index in [0.29, 0.717) is 22.5 Å². The number of nitrogens with zero attached hydrogens (tertiary/aromatic N) is 2. The van der Waals surface area contributed by atoms with Gasteiger partial charge in [0.25, 0.3) is 0 Å². The molecule has 2 aliphatic heterocycles. The topological polar surface area (TPSA) is 63.7 Å². The maximum Gasteiger partial charge on any atom is 0.246 e. The molecule has 1 spiro atoms. The van der Waals surface area contributed by atoms with Gasteiger partial charge in [0.2, 0.25) is 11.8 Å². The van der Waals surface area contributed by atoms with Crippen molar-refractivity contribution in [3.63, 3.8) is 0 Å². The van der Waals surface area contributed by atoms with Gasteiger partial charge in [-0.05, 0) is 30.5 Å². The fourth-order valence-electron chi connectivity index (χ4n) is 5.56. The van der Waals surface area contributed by atoms with Crippen LogP contribution in [0.1, 0.15) is 23.6 Å². The minimum atomic E-state index is -0.274. The van der Waals surface area contributed by atoms with Crippen molar-refractivity contribution in [2.75, 3.05) is 33.4 Å². The molecule has 2 saturated heterocycles. The Morgan fingerprint density at radius 2 is 1.89 bits per heavy atom. The van der Waals surface area contributed by atoms with Crippen molar-refractivity contribution in [3.05, 3.63) is 69.7 Å². The molecule has 0 unspecified atom stereocenters. The molecule has 3 aliphatic rings. The number of halogens is 2. The lowest BCUT2D eigenvalue weighted by molar-refractivity contribution is -0.179. The summed E-state index contributed by atoms with van der Waals surface area (Å²) in [5, 5.41) is 4.20. The van der Waals surface area contributed by atoms with Crippen molar-refractivity contribution in [2.45, 2.75) is 24.5 Å². The molecule has 3 heterocycles. The molecule has 2 aromatic carbocycles. The van der Waals surface area contributed by atoms with Crippen LogP contribution in [0.3, 0.4) is 0 Å². The minimum absolute atomic E-state index is 0.0454. The summed E-state index contributed by atoms with van der Waals surface area (Å²) in [5.41, 5.74) is 5.51. The van der Waals surface area contributed by atoms with E-state index in [1.807, 2.05) is 42.5 Å². The highest BCUT2D eigenvalue weighted by Gasteiger charge is 2.50. The maximum absolute atomic E-state index is 11.5. The van der Waals surface area contributed by atoms with Gasteiger partial charge in [0.15, 0.2) is 0 Å². The van der Waals surface area contributed by atoms with Crippen LogP contribution in [-0.4, -0.2) is 54.7 Å². The Bertz CT molecular complexity index is 1310. The monoisotopic (exact) mass is 509 g/mol. The van der Waals surface area contributed by atoms with Crippen LogP contribution < -0.4 is 10.1 Å². The van der Waals surface area contributed by atoms with Crippen molar-refractivity contribution < 1.29 is 14.3 Å². The predicted octanol–water partition coefficient (Wildman–Crippen LogP) is 4.92. The van der Waals surface area contributed by atoms with E-state index in [9.17, 15) is 4.79 Å². The molecule has 6 nitrogen and oxygen atoms in total. The summed E-state index contributed by atoms with van der Waals surface area (Å²) in [7, 11) is 1.67. The molecule has 35 heavy (non-hydrogen) atoms. The molecule has 1 aliphatic carbocycles. The van der Waals surface area contributed by atoms with Crippen molar-refractivity contribution in [3.8, 4) is 28.3 Å². The van der Waals surface area contributed by atoms with E-state index < -0.39 is 0 Å². The van der Waals surface area contributed by atoms with Gasteiger partial charge in [0, 0.05) is 53.0 Å². The number of rotatable bonds is 4. The van der Waals surface area contributed by atoms with E-state index in [-0.39, 0.29) is 24.2 Å². The average molecular weight is 510 g/mol. The molecule has 1 aromatic heterocycles. The molecule has 180 valence electrons. The van der Waals surface area contributed by atoms with Gasteiger partial charge in [-0.1, -0.05) is 59.6 Å². The van der Waals surface area contributed by atoms with Crippen LogP contribution in [0.2, 0.25) is 10.0 Å². The third kappa shape index (κ3) is 3.89. The summed E-state index contributed by atoms with van der Waals surface area (Å²) in [6.07, 6.45) is 1.93. The SMILES string of the molecule is COc1nc(-c2cccc(-c3ccccc3Cl)c2Cl)cc2c1[C@H](N1CC3(CNC(=O)CO3)C1)CC2. The third-order valence-electron chi connectivity index (χ3n) is 7.30. The molecule has 0 saturated carbocycles. The summed E-state index contributed by atoms with van der Waals surface area (Å²) < 4.78 is 11.7. The number of aryl methyl sites for hydroxylation is 1. The molecule has 0 bridgehead atoms. The van der Waals surface area contributed by atoms with Gasteiger partial charge >= 0.3 is 0 Å². The molecule has 1 atom stereocenters. The number of likely N-dealkylation sites (tertiary alicyclic amines) is 1. The van der Waals surface area contributed by atoms with Gasteiger partial charge in [-0.2, -0.15) is 0 Å².